The minimum Gasteiger partial charge on any atom is -0.456 e. The minimum absolute atomic E-state index is 0.188. The zero-order valence-corrected chi connectivity index (χ0v) is 38.2. The van der Waals surface area contributed by atoms with Gasteiger partial charge in [-0.2, -0.15) is 0 Å². The number of nitrogens with zero attached hydrogens (tertiary/aromatic N) is 2. The Balaban J connectivity index is 0.975. The van der Waals surface area contributed by atoms with Gasteiger partial charge in [-0.15, -0.1) is 0 Å². The van der Waals surface area contributed by atoms with Crippen LogP contribution in [0, 0.1) is 5.92 Å². The van der Waals surface area contributed by atoms with Crippen molar-refractivity contribution in [2.75, 3.05) is 4.90 Å². The van der Waals surface area contributed by atoms with E-state index in [1.165, 1.54) is 66.3 Å². The molecule has 3 aliphatic rings. The number of para-hydroxylation sites is 2. The van der Waals surface area contributed by atoms with Crippen LogP contribution in [0.1, 0.15) is 28.2 Å². The molecule has 3 unspecified atom stereocenters. The van der Waals surface area contributed by atoms with Crippen LogP contribution in [0.4, 0.5) is 17.1 Å². The molecule has 3 atom stereocenters. The Morgan fingerprint density at radius 2 is 1.07 bits per heavy atom. The Bertz CT molecular complexity index is 4140. The van der Waals surface area contributed by atoms with Crippen molar-refractivity contribution in [2.24, 2.45) is 5.92 Å². The molecule has 328 valence electrons. The van der Waals surface area contributed by atoms with Crippen molar-refractivity contribution in [3.05, 3.63) is 277 Å². The highest BCUT2D eigenvalue weighted by molar-refractivity contribution is 6.15. The fraction of sp³-hybridized carbons (Fsp3) is 0.0448. The van der Waals surface area contributed by atoms with Crippen LogP contribution in [0.3, 0.4) is 0 Å². The lowest BCUT2D eigenvalue weighted by atomic mass is 9.65. The first-order chi connectivity index (χ1) is 34.7. The molecular weight excluding hydrogens is 849 g/mol. The zero-order valence-electron chi connectivity index (χ0n) is 38.2. The summed E-state index contributed by atoms with van der Waals surface area (Å²) in [6.07, 6.45) is 9.42. The average molecular weight is 893 g/mol. The van der Waals surface area contributed by atoms with Crippen LogP contribution in [-0.4, -0.2) is 4.57 Å². The maximum atomic E-state index is 6.87. The molecule has 0 amide bonds. The van der Waals surface area contributed by atoms with Crippen molar-refractivity contribution in [3.63, 3.8) is 0 Å². The predicted octanol–water partition coefficient (Wildman–Crippen LogP) is 17.6. The lowest BCUT2D eigenvalue weighted by Gasteiger charge is -2.39. The molecule has 0 aliphatic heterocycles. The number of benzene rings is 10. The summed E-state index contributed by atoms with van der Waals surface area (Å²) in [5.74, 6) is 0.438. The van der Waals surface area contributed by atoms with E-state index in [0.29, 0.717) is 0 Å². The minimum atomic E-state index is -0.435. The highest BCUT2D eigenvalue weighted by Gasteiger charge is 2.58. The van der Waals surface area contributed by atoms with Gasteiger partial charge in [0.15, 0.2) is 0 Å². The summed E-state index contributed by atoms with van der Waals surface area (Å²) in [5.41, 5.74) is 20.9. The lowest BCUT2D eigenvalue weighted by molar-refractivity contribution is 0.466. The van der Waals surface area contributed by atoms with Gasteiger partial charge in [-0.1, -0.05) is 182 Å². The Morgan fingerprint density at radius 3 is 1.94 bits per heavy atom. The number of rotatable bonds is 6. The summed E-state index contributed by atoms with van der Waals surface area (Å²) in [7, 11) is 0. The van der Waals surface area contributed by atoms with Crippen molar-refractivity contribution in [1.29, 1.82) is 0 Å². The van der Waals surface area contributed by atoms with E-state index in [0.717, 1.165) is 55.8 Å². The molecule has 3 aliphatic carbocycles. The molecule has 0 fully saturated rings. The molecule has 70 heavy (non-hydrogen) atoms. The first-order valence-electron chi connectivity index (χ1n) is 24.4. The number of anilines is 3. The number of fused-ring (bicyclic) bond motifs is 16. The van der Waals surface area contributed by atoms with Gasteiger partial charge in [-0.05, 0) is 128 Å². The largest absolute Gasteiger partial charge is 0.456 e. The van der Waals surface area contributed by atoms with Gasteiger partial charge in [0.25, 0.3) is 0 Å². The van der Waals surface area contributed by atoms with E-state index in [-0.39, 0.29) is 11.8 Å². The number of hydrogen-bond acceptors (Lipinski definition) is 2. The maximum Gasteiger partial charge on any atom is 0.137 e. The molecule has 0 saturated carbocycles. The Labute approximate surface area is 406 Å². The van der Waals surface area contributed by atoms with E-state index >= 15 is 0 Å². The van der Waals surface area contributed by atoms with E-state index in [2.05, 4.69) is 264 Å². The van der Waals surface area contributed by atoms with Crippen LogP contribution < -0.4 is 4.90 Å². The molecule has 3 nitrogen and oxygen atoms in total. The molecule has 12 aromatic rings. The van der Waals surface area contributed by atoms with Crippen LogP contribution in [0.2, 0.25) is 0 Å². The predicted molar refractivity (Wildman–Crippen MR) is 290 cm³/mol. The summed E-state index contributed by atoms with van der Waals surface area (Å²) in [6.45, 7) is 0. The third-order valence-corrected chi connectivity index (χ3v) is 15.7. The first kappa shape index (κ1) is 39.1. The third-order valence-electron chi connectivity index (χ3n) is 15.7. The topological polar surface area (TPSA) is 21.3 Å². The molecule has 0 bridgehead atoms. The number of allylic oxidation sites excluding steroid dienone is 4. The van der Waals surface area contributed by atoms with Gasteiger partial charge in [0.1, 0.15) is 11.2 Å². The fourth-order valence-corrected chi connectivity index (χ4v) is 12.9. The normalized spacial score (nSPS) is 17.4. The summed E-state index contributed by atoms with van der Waals surface area (Å²) >= 11 is 0. The molecule has 0 saturated heterocycles. The number of hydrogen-bond donors (Lipinski definition) is 0. The first-order valence-corrected chi connectivity index (χ1v) is 24.4. The summed E-state index contributed by atoms with van der Waals surface area (Å²) in [5, 5.41) is 4.63. The molecule has 2 aromatic heterocycles. The van der Waals surface area contributed by atoms with Gasteiger partial charge in [0, 0.05) is 39.4 Å². The second-order valence-corrected chi connectivity index (χ2v) is 19.1. The molecule has 3 heteroatoms. The van der Waals surface area contributed by atoms with Gasteiger partial charge in [-0.25, -0.2) is 0 Å². The highest BCUT2D eigenvalue weighted by atomic mass is 16.3. The molecule has 0 N–H and O–H groups in total. The van der Waals surface area contributed by atoms with Gasteiger partial charge < -0.3 is 13.9 Å². The third kappa shape index (κ3) is 5.46. The van der Waals surface area contributed by atoms with E-state index in [9.17, 15) is 0 Å². The quantitative estimate of drug-likeness (QED) is 0.166. The average Bonchev–Trinajstić information content (AvgIpc) is 4.16. The summed E-state index contributed by atoms with van der Waals surface area (Å²) in [4.78, 5) is 2.54. The van der Waals surface area contributed by atoms with Crippen LogP contribution in [-0.2, 0) is 5.41 Å². The van der Waals surface area contributed by atoms with Crippen LogP contribution >= 0.6 is 0 Å². The standard InChI is InChI=1S/C67H44N2O/c1-3-17-43(18-4-1)44-33-37-48(38-34-44)69(62-31-15-25-53-51-23-9-13-28-58(51)67(66(53)62)56-26-11-7-21-49(56)50-22-8-12-27-57(50)67)61-30-16-32-64-65(61)55-42-46(36-40-63(55)70-64)45-35-39-60-54(41-45)52-24-10-14-29-59(52)68(60)47-19-5-2-6-20-47/h1-42,49,56H. The molecule has 1 spiro atoms. The number of furan rings is 1. The van der Waals surface area contributed by atoms with Crippen molar-refractivity contribution >= 4 is 60.8 Å². The Kier molecular flexibility index (Phi) is 8.40. The second-order valence-electron chi connectivity index (χ2n) is 19.1. The number of aromatic nitrogens is 1. The molecule has 2 heterocycles. The molecule has 0 radical (unpaired) electrons. The fourth-order valence-electron chi connectivity index (χ4n) is 12.9. The SMILES string of the molecule is C1=CC2c3ccccc3C3(c4ccccc4-c4cccc(N(c5ccc(-c6ccccc6)cc5)c5cccc6oc7ccc(-c8ccc9c(c8)c8ccccc8n9-c8ccccc8)cc7c56)c43)C2C=C1. The zero-order chi connectivity index (χ0) is 45.9. The smallest absolute Gasteiger partial charge is 0.137 e. The summed E-state index contributed by atoms with van der Waals surface area (Å²) in [6, 6.07) is 84.9. The molecule has 15 rings (SSSR count). The van der Waals surface area contributed by atoms with Crippen molar-refractivity contribution in [2.45, 2.75) is 11.3 Å². The van der Waals surface area contributed by atoms with E-state index < -0.39 is 5.41 Å². The van der Waals surface area contributed by atoms with Crippen LogP contribution in [0.15, 0.2) is 259 Å². The van der Waals surface area contributed by atoms with E-state index in [1.807, 2.05) is 0 Å². The molecular formula is C67H44N2O. The van der Waals surface area contributed by atoms with Crippen LogP contribution in [0.25, 0.3) is 82.8 Å². The van der Waals surface area contributed by atoms with E-state index in [1.54, 1.807) is 0 Å². The van der Waals surface area contributed by atoms with Gasteiger partial charge in [0.05, 0.1) is 33.2 Å². The van der Waals surface area contributed by atoms with Gasteiger partial charge >= 0.3 is 0 Å². The van der Waals surface area contributed by atoms with Crippen LogP contribution in [0.5, 0.6) is 0 Å². The van der Waals surface area contributed by atoms with Crippen molar-refractivity contribution in [3.8, 4) is 39.1 Å². The monoisotopic (exact) mass is 892 g/mol. The highest BCUT2D eigenvalue weighted by Crippen LogP contribution is 2.67. The van der Waals surface area contributed by atoms with Gasteiger partial charge in [0.2, 0.25) is 0 Å². The maximum absolute atomic E-state index is 6.87. The summed E-state index contributed by atoms with van der Waals surface area (Å²) < 4.78 is 9.25. The van der Waals surface area contributed by atoms with Crippen molar-refractivity contribution < 1.29 is 4.42 Å². The molecule has 10 aromatic carbocycles. The Hall–Kier alpha value is -8.92. The Morgan fingerprint density at radius 1 is 0.429 bits per heavy atom. The van der Waals surface area contributed by atoms with Crippen molar-refractivity contribution in [1.82, 2.24) is 4.57 Å². The van der Waals surface area contributed by atoms with E-state index in [4.69, 9.17) is 4.42 Å². The second kappa shape index (κ2) is 15.0. The lowest BCUT2D eigenvalue weighted by Crippen LogP contribution is -2.34. The van der Waals surface area contributed by atoms with Gasteiger partial charge in [-0.3, -0.25) is 0 Å².